The molecule has 0 aliphatic heterocycles. The number of nitrogen functional groups attached to an aromatic ring is 1. The Morgan fingerprint density at radius 2 is 1.80 bits per heavy atom. The van der Waals surface area contributed by atoms with E-state index in [4.69, 9.17) is 15.3 Å². The summed E-state index contributed by atoms with van der Waals surface area (Å²) in [5.74, 6) is 7.65. The standard InChI is InChI=1S/C15H19N3O2/c1-2-10-19-13-5-7-14(8-6-13)20-11-12-4-3-9-17-15(12)18-16/h3-9H,2,10-11,16H2,1H3,(H,17,18). The smallest absolute Gasteiger partial charge is 0.146 e. The third kappa shape index (κ3) is 3.86. The summed E-state index contributed by atoms with van der Waals surface area (Å²) in [6, 6.07) is 11.3. The number of hydrazine groups is 1. The van der Waals surface area contributed by atoms with E-state index in [0.717, 1.165) is 30.1 Å². The summed E-state index contributed by atoms with van der Waals surface area (Å²) in [4.78, 5) is 4.12. The zero-order valence-corrected chi connectivity index (χ0v) is 11.5. The van der Waals surface area contributed by atoms with Crippen molar-refractivity contribution < 1.29 is 9.47 Å². The second-order valence-electron chi connectivity index (χ2n) is 4.26. The van der Waals surface area contributed by atoms with Crippen LogP contribution in [0.5, 0.6) is 11.5 Å². The minimum atomic E-state index is 0.405. The average molecular weight is 273 g/mol. The Kier molecular flexibility index (Phi) is 5.20. The van der Waals surface area contributed by atoms with E-state index in [1.54, 1.807) is 6.20 Å². The lowest BCUT2D eigenvalue weighted by Gasteiger charge is -2.10. The maximum absolute atomic E-state index is 5.70. The molecule has 0 aliphatic carbocycles. The highest BCUT2D eigenvalue weighted by molar-refractivity contribution is 5.42. The number of aromatic nitrogens is 1. The second kappa shape index (κ2) is 7.35. The number of benzene rings is 1. The molecule has 1 aromatic carbocycles. The Morgan fingerprint density at radius 1 is 1.10 bits per heavy atom. The molecule has 2 rings (SSSR count). The fraction of sp³-hybridized carbons (Fsp3) is 0.267. The van der Waals surface area contributed by atoms with Crippen molar-refractivity contribution in [3.8, 4) is 11.5 Å². The molecule has 0 saturated heterocycles. The van der Waals surface area contributed by atoms with E-state index >= 15 is 0 Å². The first-order valence-corrected chi connectivity index (χ1v) is 6.59. The van der Waals surface area contributed by atoms with E-state index in [1.165, 1.54) is 0 Å². The first kappa shape index (κ1) is 14.1. The van der Waals surface area contributed by atoms with E-state index in [1.807, 2.05) is 36.4 Å². The predicted molar refractivity (Wildman–Crippen MR) is 78.6 cm³/mol. The molecule has 2 aromatic rings. The average Bonchev–Trinajstić information content (AvgIpc) is 2.52. The van der Waals surface area contributed by atoms with Crippen LogP contribution < -0.4 is 20.7 Å². The molecule has 5 nitrogen and oxygen atoms in total. The normalized spacial score (nSPS) is 10.1. The Labute approximate surface area is 118 Å². The zero-order valence-electron chi connectivity index (χ0n) is 11.5. The number of hydrogen-bond acceptors (Lipinski definition) is 5. The molecule has 0 unspecified atom stereocenters. The Bertz CT molecular complexity index is 529. The summed E-state index contributed by atoms with van der Waals surface area (Å²) in [6.07, 6.45) is 2.67. The molecule has 0 saturated carbocycles. The van der Waals surface area contributed by atoms with Gasteiger partial charge in [0.25, 0.3) is 0 Å². The van der Waals surface area contributed by atoms with Gasteiger partial charge in [-0.1, -0.05) is 13.0 Å². The van der Waals surface area contributed by atoms with Gasteiger partial charge in [-0.05, 0) is 36.8 Å². The van der Waals surface area contributed by atoms with Crippen LogP contribution in [0.25, 0.3) is 0 Å². The number of hydrogen-bond donors (Lipinski definition) is 2. The number of nitrogens with one attached hydrogen (secondary N) is 1. The van der Waals surface area contributed by atoms with Crippen molar-refractivity contribution in [3.05, 3.63) is 48.2 Å². The van der Waals surface area contributed by atoms with Gasteiger partial charge in [-0.3, -0.25) is 0 Å². The lowest BCUT2D eigenvalue weighted by molar-refractivity contribution is 0.301. The van der Waals surface area contributed by atoms with Gasteiger partial charge in [-0.2, -0.15) is 0 Å². The predicted octanol–water partition coefficient (Wildman–Crippen LogP) is 2.74. The van der Waals surface area contributed by atoms with Gasteiger partial charge in [0.15, 0.2) is 0 Å². The van der Waals surface area contributed by atoms with E-state index in [2.05, 4.69) is 17.3 Å². The van der Waals surface area contributed by atoms with E-state index in [9.17, 15) is 0 Å². The van der Waals surface area contributed by atoms with Crippen LogP contribution >= 0.6 is 0 Å². The van der Waals surface area contributed by atoms with E-state index in [0.29, 0.717) is 12.4 Å². The number of ether oxygens (including phenoxy) is 2. The summed E-state index contributed by atoms with van der Waals surface area (Å²) in [6.45, 7) is 3.21. The molecule has 0 aliphatic rings. The summed E-state index contributed by atoms with van der Waals surface area (Å²) >= 11 is 0. The molecule has 0 atom stereocenters. The highest BCUT2D eigenvalue weighted by Crippen LogP contribution is 2.20. The van der Waals surface area contributed by atoms with Crippen LogP contribution in [0.2, 0.25) is 0 Å². The molecule has 106 valence electrons. The summed E-state index contributed by atoms with van der Waals surface area (Å²) < 4.78 is 11.2. The molecule has 0 fully saturated rings. The Morgan fingerprint density at radius 3 is 2.45 bits per heavy atom. The Hall–Kier alpha value is -2.27. The van der Waals surface area contributed by atoms with Crippen molar-refractivity contribution in [1.29, 1.82) is 0 Å². The third-order valence-corrected chi connectivity index (χ3v) is 2.72. The van der Waals surface area contributed by atoms with E-state index in [-0.39, 0.29) is 0 Å². The van der Waals surface area contributed by atoms with Gasteiger partial charge in [0.05, 0.1) is 6.61 Å². The monoisotopic (exact) mass is 273 g/mol. The van der Waals surface area contributed by atoms with Crippen LogP contribution in [0.4, 0.5) is 5.82 Å². The lowest BCUT2D eigenvalue weighted by Crippen LogP contribution is -2.12. The van der Waals surface area contributed by atoms with Gasteiger partial charge in [0.2, 0.25) is 0 Å². The largest absolute Gasteiger partial charge is 0.494 e. The van der Waals surface area contributed by atoms with E-state index < -0.39 is 0 Å². The quantitative estimate of drug-likeness (QED) is 0.599. The van der Waals surface area contributed by atoms with Crippen LogP contribution in [-0.4, -0.2) is 11.6 Å². The highest BCUT2D eigenvalue weighted by Gasteiger charge is 2.03. The fourth-order valence-corrected chi connectivity index (χ4v) is 1.70. The highest BCUT2D eigenvalue weighted by atomic mass is 16.5. The van der Waals surface area contributed by atoms with Crippen molar-refractivity contribution in [3.63, 3.8) is 0 Å². The SMILES string of the molecule is CCCOc1ccc(OCc2cccnc2NN)cc1. The van der Waals surface area contributed by atoms with Gasteiger partial charge in [-0.25, -0.2) is 10.8 Å². The van der Waals surface area contributed by atoms with Crippen molar-refractivity contribution >= 4 is 5.82 Å². The number of pyridine rings is 1. The molecule has 0 bridgehead atoms. The third-order valence-electron chi connectivity index (χ3n) is 2.72. The summed E-state index contributed by atoms with van der Waals surface area (Å²) in [7, 11) is 0. The summed E-state index contributed by atoms with van der Waals surface area (Å²) in [5.41, 5.74) is 3.46. The first-order valence-electron chi connectivity index (χ1n) is 6.59. The number of nitrogens with zero attached hydrogens (tertiary/aromatic N) is 1. The molecule has 1 aromatic heterocycles. The van der Waals surface area contributed by atoms with Crippen molar-refractivity contribution in [2.45, 2.75) is 20.0 Å². The van der Waals surface area contributed by atoms with Gasteiger partial charge < -0.3 is 14.9 Å². The van der Waals surface area contributed by atoms with Crippen molar-refractivity contribution in [2.24, 2.45) is 5.84 Å². The first-order chi connectivity index (χ1) is 9.83. The lowest BCUT2D eigenvalue weighted by atomic mass is 10.2. The molecule has 0 radical (unpaired) electrons. The molecule has 3 N–H and O–H groups in total. The van der Waals surface area contributed by atoms with Gasteiger partial charge in [0.1, 0.15) is 23.9 Å². The molecule has 20 heavy (non-hydrogen) atoms. The minimum absolute atomic E-state index is 0.405. The molecule has 0 amide bonds. The number of nitrogens with two attached hydrogens (primary N) is 1. The van der Waals surface area contributed by atoms with Gasteiger partial charge in [0, 0.05) is 11.8 Å². The van der Waals surface area contributed by atoms with Crippen LogP contribution in [0.15, 0.2) is 42.6 Å². The molecular formula is C15H19N3O2. The molecule has 0 spiro atoms. The van der Waals surface area contributed by atoms with Crippen LogP contribution in [0, 0.1) is 0 Å². The van der Waals surface area contributed by atoms with Gasteiger partial charge in [-0.15, -0.1) is 0 Å². The summed E-state index contributed by atoms with van der Waals surface area (Å²) in [5, 5.41) is 0. The topological polar surface area (TPSA) is 69.4 Å². The maximum Gasteiger partial charge on any atom is 0.146 e. The minimum Gasteiger partial charge on any atom is -0.494 e. The van der Waals surface area contributed by atoms with Crippen LogP contribution in [-0.2, 0) is 6.61 Å². The number of anilines is 1. The zero-order chi connectivity index (χ0) is 14.2. The molecule has 1 heterocycles. The maximum atomic E-state index is 5.70. The fourth-order valence-electron chi connectivity index (χ4n) is 1.70. The van der Waals surface area contributed by atoms with Gasteiger partial charge >= 0.3 is 0 Å². The molecule has 5 heteroatoms. The van der Waals surface area contributed by atoms with Crippen molar-refractivity contribution in [1.82, 2.24) is 4.98 Å². The second-order valence-corrected chi connectivity index (χ2v) is 4.26. The van der Waals surface area contributed by atoms with Crippen LogP contribution in [0.1, 0.15) is 18.9 Å². The van der Waals surface area contributed by atoms with Crippen LogP contribution in [0.3, 0.4) is 0 Å². The number of rotatable bonds is 7. The Balaban J connectivity index is 1.93. The molecular weight excluding hydrogens is 254 g/mol. The van der Waals surface area contributed by atoms with Crippen molar-refractivity contribution in [2.75, 3.05) is 12.0 Å².